The summed E-state index contributed by atoms with van der Waals surface area (Å²) in [6.07, 6.45) is -0.885. The van der Waals surface area contributed by atoms with E-state index in [0.29, 0.717) is 5.69 Å². The number of Topliss-reactive ketones (excluding diaryl/α,β-unsaturated/α-hetero) is 1. The Hall–Kier alpha value is -3.21. The predicted molar refractivity (Wildman–Crippen MR) is 86.5 cm³/mol. The molecular weight excluding hydrogens is 326 g/mol. The van der Waals surface area contributed by atoms with Crippen molar-refractivity contribution < 1.29 is 23.9 Å². The number of ether oxygens (including phenoxy) is 1. The summed E-state index contributed by atoms with van der Waals surface area (Å²) in [5, 5.41) is 8.53. The summed E-state index contributed by atoms with van der Waals surface area (Å²) in [6.45, 7) is 1.18. The van der Waals surface area contributed by atoms with Crippen molar-refractivity contribution >= 4 is 29.3 Å². The highest BCUT2D eigenvalue weighted by Gasteiger charge is 2.37. The normalized spacial score (nSPS) is 13.9. The highest BCUT2D eigenvalue weighted by molar-refractivity contribution is 6.52. The molecule has 1 aliphatic heterocycles. The molecule has 0 saturated carbocycles. The Bertz CT molecular complexity index is 768. The van der Waals surface area contributed by atoms with Crippen molar-refractivity contribution in [2.24, 2.45) is 0 Å². The maximum atomic E-state index is 12.1. The van der Waals surface area contributed by atoms with Crippen LogP contribution in [0.2, 0.25) is 0 Å². The van der Waals surface area contributed by atoms with Crippen LogP contribution in [0.1, 0.15) is 23.7 Å². The number of para-hydroxylation sites is 1. The van der Waals surface area contributed by atoms with Crippen molar-refractivity contribution in [3.05, 3.63) is 29.8 Å². The van der Waals surface area contributed by atoms with E-state index in [0.717, 1.165) is 4.90 Å². The Balaban J connectivity index is 1.99. The SMILES string of the molecule is C[C@H](OC(=O)CN1C(=O)C(=O)c2ccccc21)C(=O)N(C)CCC#N. The summed E-state index contributed by atoms with van der Waals surface area (Å²) in [5.74, 6) is -2.73. The van der Waals surface area contributed by atoms with Gasteiger partial charge in [0.25, 0.3) is 17.6 Å². The van der Waals surface area contributed by atoms with E-state index in [4.69, 9.17) is 10.00 Å². The molecule has 1 aliphatic rings. The van der Waals surface area contributed by atoms with E-state index in [1.165, 1.54) is 24.9 Å². The van der Waals surface area contributed by atoms with Gasteiger partial charge < -0.3 is 9.64 Å². The number of hydrogen-bond acceptors (Lipinski definition) is 6. The van der Waals surface area contributed by atoms with Crippen molar-refractivity contribution in [3.63, 3.8) is 0 Å². The van der Waals surface area contributed by atoms with Crippen LogP contribution >= 0.6 is 0 Å². The Morgan fingerprint density at radius 3 is 2.68 bits per heavy atom. The number of carbonyl (C=O) groups excluding carboxylic acids is 4. The summed E-state index contributed by atoms with van der Waals surface area (Å²) in [5.41, 5.74) is 0.584. The number of amides is 2. The van der Waals surface area contributed by atoms with Crippen LogP contribution in [-0.2, 0) is 19.1 Å². The average Bonchev–Trinajstić information content (AvgIpc) is 2.84. The average molecular weight is 343 g/mol. The van der Waals surface area contributed by atoms with Crippen LogP contribution in [0.15, 0.2) is 24.3 Å². The van der Waals surface area contributed by atoms with Crippen LogP contribution in [0.3, 0.4) is 0 Å². The summed E-state index contributed by atoms with van der Waals surface area (Å²) in [7, 11) is 1.50. The molecule has 0 bridgehead atoms. The van der Waals surface area contributed by atoms with Crippen molar-refractivity contribution in [1.29, 1.82) is 5.26 Å². The molecular formula is C17H17N3O5. The molecule has 0 N–H and O–H groups in total. The first-order valence-corrected chi connectivity index (χ1v) is 7.63. The van der Waals surface area contributed by atoms with Gasteiger partial charge in [-0.05, 0) is 19.1 Å². The molecule has 1 atom stereocenters. The van der Waals surface area contributed by atoms with Gasteiger partial charge in [-0.3, -0.25) is 24.1 Å². The zero-order valence-corrected chi connectivity index (χ0v) is 13.9. The Kier molecular flexibility index (Phi) is 5.49. The maximum absolute atomic E-state index is 12.1. The van der Waals surface area contributed by atoms with Crippen LogP contribution in [0.4, 0.5) is 5.69 Å². The molecule has 0 aliphatic carbocycles. The largest absolute Gasteiger partial charge is 0.451 e. The third-order valence-electron chi connectivity index (χ3n) is 3.76. The molecule has 0 aromatic heterocycles. The molecule has 0 fully saturated rings. The Labute approximate surface area is 144 Å². The first kappa shape index (κ1) is 18.1. The third kappa shape index (κ3) is 3.83. The monoisotopic (exact) mass is 343 g/mol. The molecule has 8 heteroatoms. The minimum Gasteiger partial charge on any atom is -0.451 e. The second-order valence-corrected chi connectivity index (χ2v) is 5.54. The van der Waals surface area contributed by atoms with Crippen molar-refractivity contribution in [2.75, 3.05) is 25.0 Å². The lowest BCUT2D eigenvalue weighted by atomic mass is 10.1. The van der Waals surface area contributed by atoms with Crippen LogP contribution in [-0.4, -0.2) is 54.7 Å². The second kappa shape index (κ2) is 7.57. The standard InChI is InChI=1S/C17H17N3O5/c1-11(16(23)19(2)9-5-8-18)25-14(21)10-20-13-7-4-3-6-12(13)15(22)17(20)24/h3-4,6-7,11H,5,9-10H2,1-2H3/t11-/m0/s1. The predicted octanol–water partition coefficient (Wildman–Crippen LogP) is 0.520. The fourth-order valence-electron chi connectivity index (χ4n) is 2.46. The Morgan fingerprint density at radius 1 is 1.32 bits per heavy atom. The van der Waals surface area contributed by atoms with Gasteiger partial charge >= 0.3 is 5.97 Å². The van der Waals surface area contributed by atoms with Crippen LogP contribution in [0, 0.1) is 11.3 Å². The number of anilines is 1. The first-order valence-electron chi connectivity index (χ1n) is 7.63. The third-order valence-corrected chi connectivity index (χ3v) is 3.76. The van der Waals surface area contributed by atoms with E-state index in [-0.39, 0.29) is 18.5 Å². The zero-order chi connectivity index (χ0) is 18.6. The maximum Gasteiger partial charge on any atom is 0.326 e. The van der Waals surface area contributed by atoms with Gasteiger partial charge in [-0.1, -0.05) is 12.1 Å². The smallest absolute Gasteiger partial charge is 0.326 e. The van der Waals surface area contributed by atoms with Crippen LogP contribution < -0.4 is 4.90 Å². The van der Waals surface area contributed by atoms with E-state index in [2.05, 4.69) is 0 Å². The number of nitrogens with zero attached hydrogens (tertiary/aromatic N) is 3. The molecule has 0 unspecified atom stereocenters. The molecule has 1 aromatic carbocycles. The fourth-order valence-corrected chi connectivity index (χ4v) is 2.46. The number of carbonyl (C=O) groups is 4. The van der Waals surface area contributed by atoms with E-state index < -0.39 is 36.2 Å². The zero-order valence-electron chi connectivity index (χ0n) is 13.9. The number of rotatable bonds is 6. The number of nitriles is 1. The number of hydrogen-bond donors (Lipinski definition) is 0. The van der Waals surface area contributed by atoms with Crippen molar-refractivity contribution in [1.82, 2.24) is 4.90 Å². The lowest BCUT2D eigenvalue weighted by Gasteiger charge is -2.22. The molecule has 2 rings (SSSR count). The van der Waals surface area contributed by atoms with Gasteiger partial charge in [-0.15, -0.1) is 0 Å². The van der Waals surface area contributed by atoms with Gasteiger partial charge in [0, 0.05) is 13.6 Å². The van der Waals surface area contributed by atoms with Gasteiger partial charge in [0.1, 0.15) is 6.54 Å². The molecule has 130 valence electrons. The molecule has 1 aromatic rings. The molecule has 8 nitrogen and oxygen atoms in total. The number of esters is 1. The number of benzene rings is 1. The number of ketones is 1. The van der Waals surface area contributed by atoms with Gasteiger partial charge in [-0.2, -0.15) is 5.26 Å². The van der Waals surface area contributed by atoms with E-state index >= 15 is 0 Å². The lowest BCUT2D eigenvalue weighted by molar-refractivity contribution is -0.157. The van der Waals surface area contributed by atoms with Gasteiger partial charge in [-0.25, -0.2) is 0 Å². The molecule has 1 heterocycles. The molecule has 25 heavy (non-hydrogen) atoms. The minimum absolute atomic E-state index is 0.171. The van der Waals surface area contributed by atoms with E-state index in [1.54, 1.807) is 18.2 Å². The van der Waals surface area contributed by atoms with Gasteiger partial charge in [0.05, 0.1) is 23.7 Å². The second-order valence-electron chi connectivity index (χ2n) is 5.54. The molecule has 2 amide bonds. The highest BCUT2D eigenvalue weighted by atomic mass is 16.5. The lowest BCUT2D eigenvalue weighted by Crippen LogP contribution is -2.41. The van der Waals surface area contributed by atoms with Crippen LogP contribution in [0.25, 0.3) is 0 Å². The number of fused-ring (bicyclic) bond motifs is 1. The molecule has 0 saturated heterocycles. The van der Waals surface area contributed by atoms with Crippen LogP contribution in [0.5, 0.6) is 0 Å². The summed E-state index contributed by atoms with van der Waals surface area (Å²) >= 11 is 0. The highest BCUT2D eigenvalue weighted by Crippen LogP contribution is 2.28. The van der Waals surface area contributed by atoms with Gasteiger partial charge in [0.15, 0.2) is 6.10 Å². The van der Waals surface area contributed by atoms with Crippen molar-refractivity contribution in [2.45, 2.75) is 19.4 Å². The summed E-state index contributed by atoms with van der Waals surface area (Å²) in [4.78, 5) is 50.3. The quantitative estimate of drug-likeness (QED) is 0.550. The molecule has 0 spiro atoms. The van der Waals surface area contributed by atoms with E-state index in [1.807, 2.05) is 6.07 Å². The fraction of sp³-hybridized carbons (Fsp3) is 0.353. The van der Waals surface area contributed by atoms with E-state index in [9.17, 15) is 19.2 Å². The first-order chi connectivity index (χ1) is 11.9. The topological polar surface area (TPSA) is 108 Å². The van der Waals surface area contributed by atoms with Crippen molar-refractivity contribution in [3.8, 4) is 6.07 Å². The summed E-state index contributed by atoms with van der Waals surface area (Å²) in [6, 6.07) is 8.28. The van der Waals surface area contributed by atoms with Gasteiger partial charge in [0.2, 0.25) is 0 Å². The minimum atomic E-state index is -1.06. The molecule has 0 radical (unpaired) electrons. The summed E-state index contributed by atoms with van der Waals surface area (Å²) < 4.78 is 5.06. The Morgan fingerprint density at radius 2 is 2.00 bits per heavy atom. The number of likely N-dealkylation sites (N-methyl/N-ethyl adjacent to an activating group) is 1.